The van der Waals surface area contributed by atoms with E-state index in [1.54, 1.807) is 0 Å². The standard InChI is InChI=1S/C16H3F6/c17-7-3-5-1-2-6-4-8(18)14(20)12-10(6)9(5)11(13(7)19)15(21)16(12)22/h1-3H. The minimum absolute atomic E-state index is 0.0460. The molecule has 0 N–H and O–H groups in total. The van der Waals surface area contributed by atoms with E-state index < -0.39 is 45.7 Å². The number of hydrogen-bond acceptors (Lipinski definition) is 0. The summed E-state index contributed by atoms with van der Waals surface area (Å²) in [6.07, 6.45) is 0. The molecule has 0 spiro atoms. The SMILES string of the molecule is Fc1[c]c2ccc3cc(F)c(F)c4c(F)c(F)c(c1F)c2c34. The van der Waals surface area contributed by atoms with Gasteiger partial charge in [-0.25, -0.2) is 26.3 Å². The summed E-state index contributed by atoms with van der Waals surface area (Å²) in [6, 6.07) is 5.37. The summed E-state index contributed by atoms with van der Waals surface area (Å²) < 4.78 is 83.0. The van der Waals surface area contributed by atoms with E-state index in [0.29, 0.717) is 0 Å². The summed E-state index contributed by atoms with van der Waals surface area (Å²) in [7, 11) is 0. The summed E-state index contributed by atoms with van der Waals surface area (Å²) in [5.74, 6) is -9.56. The average Bonchev–Trinajstić information content (AvgIpc) is 2.48. The molecule has 22 heavy (non-hydrogen) atoms. The van der Waals surface area contributed by atoms with Gasteiger partial charge in [-0.05, 0) is 16.8 Å². The van der Waals surface area contributed by atoms with E-state index in [2.05, 4.69) is 6.07 Å². The van der Waals surface area contributed by atoms with Gasteiger partial charge in [0.25, 0.3) is 0 Å². The maximum Gasteiger partial charge on any atom is 0.170 e. The van der Waals surface area contributed by atoms with Gasteiger partial charge in [0.2, 0.25) is 0 Å². The van der Waals surface area contributed by atoms with Crippen molar-refractivity contribution < 1.29 is 26.3 Å². The molecule has 0 saturated heterocycles. The van der Waals surface area contributed by atoms with Crippen LogP contribution >= 0.6 is 0 Å². The first-order valence-electron chi connectivity index (χ1n) is 6.12. The second-order valence-corrected chi connectivity index (χ2v) is 4.89. The van der Waals surface area contributed by atoms with E-state index in [-0.39, 0.29) is 21.5 Å². The molecule has 0 aliphatic carbocycles. The first kappa shape index (κ1) is 13.2. The van der Waals surface area contributed by atoms with Gasteiger partial charge in [-0.1, -0.05) is 12.1 Å². The molecule has 0 fully saturated rings. The molecule has 0 atom stereocenters. The summed E-state index contributed by atoms with van der Waals surface area (Å²) in [6.45, 7) is 0. The Kier molecular flexibility index (Phi) is 2.41. The van der Waals surface area contributed by atoms with Crippen LogP contribution < -0.4 is 0 Å². The Morgan fingerprint density at radius 1 is 0.636 bits per heavy atom. The third-order valence-corrected chi connectivity index (χ3v) is 3.74. The van der Waals surface area contributed by atoms with Crippen molar-refractivity contribution in [3.05, 3.63) is 59.2 Å². The first-order chi connectivity index (χ1) is 10.4. The Labute approximate surface area is 118 Å². The maximum absolute atomic E-state index is 14.1. The highest BCUT2D eigenvalue weighted by Gasteiger charge is 2.26. The fourth-order valence-electron chi connectivity index (χ4n) is 2.83. The lowest BCUT2D eigenvalue weighted by Gasteiger charge is -2.14. The predicted molar refractivity (Wildman–Crippen MR) is 68.7 cm³/mol. The van der Waals surface area contributed by atoms with Crippen LogP contribution in [-0.2, 0) is 0 Å². The molecule has 4 aromatic carbocycles. The van der Waals surface area contributed by atoms with Crippen molar-refractivity contribution in [1.29, 1.82) is 0 Å². The van der Waals surface area contributed by atoms with E-state index in [0.717, 1.165) is 6.07 Å². The number of benzene rings is 4. The Morgan fingerprint density at radius 2 is 1.27 bits per heavy atom. The van der Waals surface area contributed by atoms with Crippen LogP contribution in [0.25, 0.3) is 32.3 Å². The second kappa shape index (κ2) is 4.03. The van der Waals surface area contributed by atoms with E-state index in [4.69, 9.17) is 0 Å². The Hall–Kier alpha value is -2.50. The van der Waals surface area contributed by atoms with E-state index in [1.165, 1.54) is 12.1 Å². The van der Waals surface area contributed by atoms with Gasteiger partial charge in [-0.3, -0.25) is 0 Å². The molecule has 0 aliphatic rings. The number of hydrogen-bond donors (Lipinski definition) is 0. The molecule has 0 amide bonds. The molecule has 0 bridgehead atoms. The first-order valence-corrected chi connectivity index (χ1v) is 6.12. The van der Waals surface area contributed by atoms with Crippen LogP contribution in [-0.4, -0.2) is 0 Å². The number of halogens is 6. The van der Waals surface area contributed by atoms with Gasteiger partial charge in [0.15, 0.2) is 34.9 Å². The molecule has 0 saturated carbocycles. The van der Waals surface area contributed by atoms with Gasteiger partial charge in [-0.15, -0.1) is 0 Å². The van der Waals surface area contributed by atoms with Gasteiger partial charge in [0, 0.05) is 16.8 Å². The highest BCUT2D eigenvalue weighted by atomic mass is 19.2. The topological polar surface area (TPSA) is 0 Å². The molecule has 109 valence electrons. The van der Waals surface area contributed by atoms with Crippen molar-refractivity contribution in [3.63, 3.8) is 0 Å². The van der Waals surface area contributed by atoms with Crippen molar-refractivity contribution in [2.24, 2.45) is 0 Å². The average molecular weight is 309 g/mol. The van der Waals surface area contributed by atoms with E-state index in [1.807, 2.05) is 0 Å². The lowest BCUT2D eigenvalue weighted by Crippen LogP contribution is -2.01. The van der Waals surface area contributed by atoms with Crippen LogP contribution in [0.4, 0.5) is 26.3 Å². The van der Waals surface area contributed by atoms with Crippen molar-refractivity contribution in [3.8, 4) is 0 Å². The molecule has 6 heteroatoms. The van der Waals surface area contributed by atoms with Crippen LogP contribution in [0.2, 0.25) is 0 Å². The van der Waals surface area contributed by atoms with Crippen LogP contribution in [0.15, 0.2) is 18.2 Å². The summed E-state index contributed by atoms with van der Waals surface area (Å²) in [5.41, 5.74) is 0. The third-order valence-electron chi connectivity index (χ3n) is 3.74. The summed E-state index contributed by atoms with van der Waals surface area (Å²) in [4.78, 5) is 0. The molecule has 0 nitrogen and oxygen atoms in total. The highest BCUT2D eigenvalue weighted by molar-refractivity contribution is 6.23. The molecular formula is C16H3F6. The van der Waals surface area contributed by atoms with Gasteiger partial charge >= 0.3 is 0 Å². The Balaban J connectivity index is 2.51. The van der Waals surface area contributed by atoms with E-state index >= 15 is 0 Å². The zero-order valence-corrected chi connectivity index (χ0v) is 10.5. The lowest BCUT2D eigenvalue weighted by molar-refractivity contribution is 0.488. The van der Waals surface area contributed by atoms with Crippen molar-refractivity contribution in [2.75, 3.05) is 0 Å². The highest BCUT2D eigenvalue weighted by Crippen LogP contribution is 2.41. The monoisotopic (exact) mass is 309 g/mol. The fraction of sp³-hybridized carbons (Fsp3) is 0. The normalized spacial score (nSPS) is 12.1. The van der Waals surface area contributed by atoms with Crippen molar-refractivity contribution >= 4 is 32.3 Å². The van der Waals surface area contributed by atoms with Gasteiger partial charge < -0.3 is 0 Å². The Bertz CT molecular complexity index is 996. The molecule has 1 radical (unpaired) electrons. The summed E-state index contributed by atoms with van der Waals surface area (Å²) >= 11 is 0. The van der Waals surface area contributed by atoms with Crippen molar-refractivity contribution in [2.45, 2.75) is 0 Å². The Morgan fingerprint density at radius 3 is 1.95 bits per heavy atom. The molecule has 0 aliphatic heterocycles. The molecule has 0 aromatic heterocycles. The van der Waals surface area contributed by atoms with Crippen molar-refractivity contribution in [1.82, 2.24) is 0 Å². The molecule has 4 aromatic rings. The minimum atomic E-state index is -1.76. The molecule has 0 heterocycles. The lowest BCUT2D eigenvalue weighted by atomic mass is 9.92. The van der Waals surface area contributed by atoms with Crippen LogP contribution in [0.5, 0.6) is 0 Å². The van der Waals surface area contributed by atoms with Crippen LogP contribution in [0.1, 0.15) is 0 Å². The van der Waals surface area contributed by atoms with Crippen LogP contribution in [0.3, 0.4) is 0 Å². The zero-order chi connectivity index (χ0) is 15.8. The number of rotatable bonds is 0. The smallest absolute Gasteiger partial charge is 0.170 e. The molecule has 4 rings (SSSR count). The van der Waals surface area contributed by atoms with Gasteiger partial charge in [0.1, 0.15) is 0 Å². The van der Waals surface area contributed by atoms with E-state index in [9.17, 15) is 26.3 Å². The zero-order valence-electron chi connectivity index (χ0n) is 10.5. The largest absolute Gasteiger partial charge is 0.204 e. The third kappa shape index (κ3) is 1.39. The maximum atomic E-state index is 14.1. The second-order valence-electron chi connectivity index (χ2n) is 4.89. The minimum Gasteiger partial charge on any atom is -0.204 e. The predicted octanol–water partition coefficient (Wildman–Crippen LogP) is 5.22. The van der Waals surface area contributed by atoms with Gasteiger partial charge in [0.05, 0.1) is 10.8 Å². The fourth-order valence-corrected chi connectivity index (χ4v) is 2.83. The quantitative estimate of drug-likeness (QED) is 0.309. The van der Waals surface area contributed by atoms with Crippen LogP contribution in [0, 0.1) is 41.0 Å². The van der Waals surface area contributed by atoms with Gasteiger partial charge in [-0.2, -0.15) is 0 Å². The summed E-state index contributed by atoms with van der Waals surface area (Å²) in [5, 5.41) is -2.32. The molecule has 0 unspecified atom stereocenters. The molecular weight excluding hydrogens is 306 g/mol.